The van der Waals surface area contributed by atoms with Crippen molar-refractivity contribution < 1.29 is 0 Å². The average Bonchev–Trinajstić information content (AvgIpc) is 3.68. The smallest absolute Gasteiger partial charge is 0.187 e. The first-order valence-corrected chi connectivity index (χ1v) is 17.2. The van der Waals surface area contributed by atoms with E-state index in [0.717, 1.165) is 39.2 Å². The molecule has 0 unspecified atom stereocenters. The van der Waals surface area contributed by atoms with Gasteiger partial charge in [-0.3, -0.25) is 0 Å². The third kappa shape index (κ3) is 4.37. The van der Waals surface area contributed by atoms with Crippen LogP contribution in [0.15, 0.2) is 176 Å². The summed E-state index contributed by atoms with van der Waals surface area (Å²) in [7, 11) is 0. The van der Waals surface area contributed by atoms with Crippen molar-refractivity contribution in [2.24, 2.45) is 0 Å². The Balaban J connectivity index is 1.10. The molecule has 0 N–H and O–H groups in total. The highest BCUT2D eigenvalue weighted by molar-refractivity contribution is 5.96. The topological polar surface area (TPSA) is 30.1 Å². The summed E-state index contributed by atoms with van der Waals surface area (Å²) in [6.45, 7) is 7.87. The van der Waals surface area contributed by atoms with Gasteiger partial charge in [-0.25, -0.2) is 14.8 Å². The lowest BCUT2D eigenvalue weighted by atomic mass is 9.70. The third-order valence-electron chi connectivity index (χ3n) is 10.5. The largest absolute Gasteiger partial charge is 0.238 e. The maximum Gasteiger partial charge on any atom is 0.187 e. The molecule has 0 aliphatic heterocycles. The van der Waals surface area contributed by atoms with E-state index in [9.17, 15) is 0 Å². The fourth-order valence-electron chi connectivity index (χ4n) is 8.28. The standard InChI is InChI=1S/C48H29N3/c1-49-36-25-26-39-40-28-35(24-27-43(40)48(44(39)29-36)41-18-10-8-16-37(41)38-17-9-11-19-42(38)48)31-20-22-33(23-21-31)46-30-45(32-12-4-2-5-13-32)50-47(51-46)34-14-6-3-7-15-34/h2-30H. The first-order chi connectivity index (χ1) is 25.2. The summed E-state index contributed by atoms with van der Waals surface area (Å²) in [5, 5.41) is 0. The molecule has 1 heterocycles. The van der Waals surface area contributed by atoms with Crippen LogP contribution < -0.4 is 0 Å². The van der Waals surface area contributed by atoms with Crippen LogP contribution in [0.3, 0.4) is 0 Å². The maximum atomic E-state index is 7.87. The zero-order valence-corrected chi connectivity index (χ0v) is 27.6. The second-order valence-corrected chi connectivity index (χ2v) is 13.2. The van der Waals surface area contributed by atoms with Gasteiger partial charge in [-0.05, 0) is 67.8 Å². The number of nitrogens with zero attached hydrogens (tertiary/aromatic N) is 3. The van der Waals surface area contributed by atoms with Crippen LogP contribution in [-0.4, -0.2) is 9.97 Å². The highest BCUT2D eigenvalue weighted by atomic mass is 14.9. The highest BCUT2D eigenvalue weighted by Gasteiger charge is 2.51. The first-order valence-electron chi connectivity index (χ1n) is 17.2. The quantitative estimate of drug-likeness (QED) is 0.178. The Labute approximate surface area is 297 Å². The second kappa shape index (κ2) is 11.3. The minimum atomic E-state index is -0.471. The Morgan fingerprint density at radius 2 is 0.882 bits per heavy atom. The van der Waals surface area contributed by atoms with Gasteiger partial charge in [-0.1, -0.05) is 164 Å². The zero-order valence-electron chi connectivity index (χ0n) is 27.6. The summed E-state index contributed by atoms with van der Waals surface area (Å²) in [6.07, 6.45) is 0. The van der Waals surface area contributed by atoms with Crippen molar-refractivity contribution in [1.82, 2.24) is 9.97 Å². The fraction of sp³-hybridized carbons (Fsp3) is 0.0208. The van der Waals surface area contributed by atoms with Crippen molar-refractivity contribution in [2.75, 3.05) is 0 Å². The molecule has 8 aromatic rings. The lowest BCUT2D eigenvalue weighted by Gasteiger charge is -2.30. The molecule has 0 radical (unpaired) electrons. The molecular formula is C48H29N3. The van der Waals surface area contributed by atoms with E-state index in [1.165, 1.54) is 44.5 Å². The predicted molar refractivity (Wildman–Crippen MR) is 206 cm³/mol. The molecule has 3 heteroatoms. The molecule has 0 saturated carbocycles. The molecule has 0 fully saturated rings. The van der Waals surface area contributed by atoms with Crippen molar-refractivity contribution in [2.45, 2.75) is 5.41 Å². The molecule has 1 aromatic heterocycles. The Bertz CT molecular complexity index is 2580. The van der Waals surface area contributed by atoms with E-state index in [2.05, 4.69) is 138 Å². The Morgan fingerprint density at radius 3 is 1.53 bits per heavy atom. The van der Waals surface area contributed by atoms with E-state index >= 15 is 0 Å². The summed E-state index contributed by atoms with van der Waals surface area (Å²) in [6, 6.07) is 61.9. The number of fused-ring (bicyclic) bond motifs is 10. The van der Waals surface area contributed by atoms with Gasteiger partial charge in [0.25, 0.3) is 0 Å². The van der Waals surface area contributed by atoms with Gasteiger partial charge in [0, 0.05) is 16.7 Å². The van der Waals surface area contributed by atoms with Crippen molar-refractivity contribution in [1.29, 1.82) is 0 Å². The van der Waals surface area contributed by atoms with Gasteiger partial charge in [0.1, 0.15) is 0 Å². The number of benzene rings is 7. The molecule has 1 spiro atoms. The van der Waals surface area contributed by atoms with Gasteiger partial charge < -0.3 is 0 Å². The molecule has 236 valence electrons. The molecule has 10 rings (SSSR count). The van der Waals surface area contributed by atoms with Crippen LogP contribution in [0.2, 0.25) is 0 Å². The van der Waals surface area contributed by atoms with Gasteiger partial charge in [0.2, 0.25) is 0 Å². The summed E-state index contributed by atoms with van der Waals surface area (Å²) in [5.74, 6) is 0.707. The summed E-state index contributed by atoms with van der Waals surface area (Å²) < 4.78 is 0. The van der Waals surface area contributed by atoms with E-state index in [1.807, 2.05) is 42.5 Å². The van der Waals surface area contributed by atoms with Crippen LogP contribution in [0.25, 0.3) is 72.1 Å². The lowest BCUT2D eigenvalue weighted by Crippen LogP contribution is -2.25. The van der Waals surface area contributed by atoms with E-state index < -0.39 is 5.41 Å². The van der Waals surface area contributed by atoms with Gasteiger partial charge in [-0.15, -0.1) is 0 Å². The van der Waals surface area contributed by atoms with Crippen LogP contribution in [0, 0.1) is 6.57 Å². The maximum absolute atomic E-state index is 7.87. The third-order valence-corrected chi connectivity index (χ3v) is 10.5. The summed E-state index contributed by atoms with van der Waals surface area (Å²) in [5.41, 5.74) is 17.2. The van der Waals surface area contributed by atoms with Crippen LogP contribution in [0.1, 0.15) is 22.3 Å². The SMILES string of the molecule is [C-]#[N+]c1ccc2c(c1)C1(c3ccccc3-c3ccccc31)c1ccc(-c3ccc(-c4cc(-c5ccccc5)nc(-c5ccccc5)n4)cc3)cc1-2. The monoisotopic (exact) mass is 647 g/mol. The fourth-order valence-corrected chi connectivity index (χ4v) is 8.28. The van der Waals surface area contributed by atoms with Crippen LogP contribution in [0.4, 0.5) is 5.69 Å². The molecule has 3 nitrogen and oxygen atoms in total. The Kier molecular flexibility index (Phi) is 6.46. The molecule has 0 atom stereocenters. The molecule has 0 saturated heterocycles. The minimum Gasteiger partial charge on any atom is -0.238 e. The average molecular weight is 648 g/mol. The van der Waals surface area contributed by atoms with Crippen LogP contribution in [-0.2, 0) is 5.41 Å². The highest BCUT2D eigenvalue weighted by Crippen LogP contribution is 2.63. The minimum absolute atomic E-state index is 0.471. The Hall–Kier alpha value is -6.89. The molecule has 2 aliphatic rings. The lowest BCUT2D eigenvalue weighted by molar-refractivity contribution is 0.794. The predicted octanol–water partition coefficient (Wildman–Crippen LogP) is 12.0. The van der Waals surface area contributed by atoms with E-state index in [-0.39, 0.29) is 0 Å². The van der Waals surface area contributed by atoms with Crippen molar-refractivity contribution in [3.63, 3.8) is 0 Å². The first kappa shape index (κ1) is 29.1. The normalized spacial score (nSPS) is 12.8. The van der Waals surface area contributed by atoms with Crippen molar-refractivity contribution in [3.05, 3.63) is 210 Å². The van der Waals surface area contributed by atoms with Gasteiger partial charge in [0.05, 0.1) is 23.4 Å². The van der Waals surface area contributed by atoms with Crippen LogP contribution >= 0.6 is 0 Å². The molecular weight excluding hydrogens is 619 g/mol. The van der Waals surface area contributed by atoms with Gasteiger partial charge in [-0.2, -0.15) is 0 Å². The van der Waals surface area contributed by atoms with Crippen molar-refractivity contribution >= 4 is 5.69 Å². The second-order valence-electron chi connectivity index (χ2n) is 13.2. The molecule has 0 amide bonds. The molecule has 0 bridgehead atoms. The number of rotatable bonds is 4. The van der Waals surface area contributed by atoms with Gasteiger partial charge in [0.15, 0.2) is 11.5 Å². The van der Waals surface area contributed by atoms with E-state index in [1.54, 1.807) is 0 Å². The molecule has 7 aromatic carbocycles. The van der Waals surface area contributed by atoms with Crippen molar-refractivity contribution in [3.8, 4) is 67.3 Å². The number of hydrogen-bond acceptors (Lipinski definition) is 2. The summed E-state index contributed by atoms with van der Waals surface area (Å²) in [4.78, 5) is 13.9. The molecule has 51 heavy (non-hydrogen) atoms. The number of hydrogen-bond donors (Lipinski definition) is 0. The Morgan fingerprint density at radius 1 is 0.373 bits per heavy atom. The van der Waals surface area contributed by atoms with Gasteiger partial charge >= 0.3 is 0 Å². The van der Waals surface area contributed by atoms with E-state index in [0.29, 0.717) is 11.5 Å². The van der Waals surface area contributed by atoms with Crippen LogP contribution in [0.5, 0.6) is 0 Å². The summed E-state index contributed by atoms with van der Waals surface area (Å²) >= 11 is 0. The zero-order chi connectivity index (χ0) is 33.9. The number of aromatic nitrogens is 2. The molecule has 2 aliphatic carbocycles. The van der Waals surface area contributed by atoms with E-state index in [4.69, 9.17) is 16.5 Å².